The minimum absolute atomic E-state index is 0.894. The first kappa shape index (κ1) is 9.21. The van der Waals surface area contributed by atoms with Gasteiger partial charge in [0.15, 0.2) is 0 Å². The second kappa shape index (κ2) is 3.80. The van der Waals surface area contributed by atoms with E-state index < -0.39 is 0 Å². The van der Waals surface area contributed by atoms with E-state index >= 15 is 0 Å². The number of benzene rings is 1. The SMILES string of the molecule is Nc1cccc2c1C([C]#[Y])=CCC2. The van der Waals surface area contributed by atoms with E-state index in [1.165, 1.54) is 16.7 Å². The zero-order chi connectivity index (χ0) is 9.26. The standard InChI is InChI=1S/C11H10N.Y/c1-8-4-2-5-9-6-3-7-10(12)11(8)9;/h3-4,6-7H,2,5,12H2;. The Morgan fingerprint density at radius 3 is 3.00 bits per heavy atom. The Balaban J connectivity index is 2.66. The molecule has 0 saturated carbocycles. The van der Waals surface area contributed by atoms with E-state index in [1.54, 1.807) is 0 Å². The molecule has 0 unspecified atom stereocenters. The number of fused-ring (bicyclic) bond motifs is 1. The van der Waals surface area contributed by atoms with E-state index in [2.05, 4.69) is 14.7 Å². The number of nitrogens with two attached hydrogens (primary N) is 1. The Morgan fingerprint density at radius 2 is 2.23 bits per heavy atom. The fourth-order valence-electron chi connectivity index (χ4n) is 1.76. The van der Waals surface area contributed by atoms with Crippen molar-refractivity contribution >= 4 is 11.3 Å². The van der Waals surface area contributed by atoms with Crippen molar-refractivity contribution in [1.82, 2.24) is 0 Å². The van der Waals surface area contributed by atoms with Crippen molar-refractivity contribution < 1.29 is 30.2 Å². The Bertz CT molecular complexity index is 413. The number of hydrogen-bond acceptors (Lipinski definition) is 1. The molecule has 1 aromatic rings. The fourth-order valence-corrected chi connectivity index (χ4v) is 2.41. The van der Waals surface area contributed by atoms with Gasteiger partial charge in [-0.05, 0) is 0 Å². The van der Waals surface area contributed by atoms with Crippen LogP contribution >= 0.6 is 0 Å². The molecule has 0 heterocycles. The third-order valence-electron chi connectivity index (χ3n) is 2.37. The third kappa shape index (κ3) is 1.65. The van der Waals surface area contributed by atoms with Crippen molar-refractivity contribution in [2.24, 2.45) is 0 Å². The Morgan fingerprint density at radius 1 is 1.38 bits per heavy atom. The first-order chi connectivity index (χ1) is 6.33. The van der Waals surface area contributed by atoms with Crippen LogP contribution in [-0.4, -0.2) is 0 Å². The molecule has 0 spiro atoms. The molecule has 0 saturated heterocycles. The first-order valence-corrected chi connectivity index (χ1v) is 5.79. The van der Waals surface area contributed by atoms with Gasteiger partial charge < -0.3 is 0 Å². The van der Waals surface area contributed by atoms with Gasteiger partial charge >= 0.3 is 98.1 Å². The summed E-state index contributed by atoms with van der Waals surface area (Å²) in [4.78, 5) is 0. The molecule has 0 aliphatic heterocycles. The van der Waals surface area contributed by atoms with Crippen LogP contribution in [0.1, 0.15) is 17.5 Å². The normalized spacial score (nSPS) is 14.5. The van der Waals surface area contributed by atoms with Gasteiger partial charge in [0.25, 0.3) is 0 Å². The topological polar surface area (TPSA) is 26.0 Å². The van der Waals surface area contributed by atoms with Crippen molar-refractivity contribution in [1.29, 1.82) is 0 Å². The van der Waals surface area contributed by atoms with E-state index in [0.717, 1.165) is 48.8 Å². The summed E-state index contributed by atoms with van der Waals surface area (Å²) in [6.07, 6.45) is 4.48. The van der Waals surface area contributed by atoms with Gasteiger partial charge in [-0.15, -0.1) is 0 Å². The second-order valence-electron chi connectivity index (χ2n) is 3.18. The number of rotatable bonds is 0. The monoisotopic (exact) mass is 245 g/mol. The van der Waals surface area contributed by atoms with E-state index in [0.29, 0.717) is 0 Å². The molecule has 1 aliphatic carbocycles. The maximum atomic E-state index is 5.94. The molecule has 13 heavy (non-hydrogen) atoms. The molecule has 1 aromatic carbocycles. The summed E-state index contributed by atoms with van der Waals surface area (Å²) in [6, 6.07) is 6.16. The molecule has 0 atom stereocenters. The molecule has 0 aromatic heterocycles. The quantitative estimate of drug-likeness (QED) is 0.696. The summed E-state index contributed by atoms with van der Waals surface area (Å²) in [5, 5.41) is 0. The average molecular weight is 245 g/mol. The van der Waals surface area contributed by atoms with Crippen molar-refractivity contribution in [3.8, 4) is 2.59 Å². The molecule has 0 fully saturated rings. The summed E-state index contributed by atoms with van der Waals surface area (Å²) in [5.41, 5.74) is 10.7. The number of nitrogen functional groups attached to an aromatic ring is 1. The zero-order valence-electron chi connectivity index (χ0n) is 7.38. The van der Waals surface area contributed by atoms with Crippen molar-refractivity contribution in [3.63, 3.8) is 0 Å². The Kier molecular flexibility index (Phi) is 2.69. The molecule has 0 radical (unpaired) electrons. The molecule has 1 aliphatic rings. The molecule has 62 valence electrons. The molecule has 1 nitrogen and oxygen atoms in total. The van der Waals surface area contributed by atoms with Crippen LogP contribution < -0.4 is 5.73 Å². The number of aryl methyl sites for hydroxylation is 1. The Hall–Kier alpha value is -0.356. The van der Waals surface area contributed by atoms with Crippen LogP contribution in [0.3, 0.4) is 0 Å². The molecule has 2 heteroatoms. The van der Waals surface area contributed by atoms with Crippen LogP contribution in [-0.2, 0) is 36.7 Å². The molecule has 2 rings (SSSR count). The predicted octanol–water partition coefficient (Wildman–Crippen LogP) is 2.10. The van der Waals surface area contributed by atoms with Crippen molar-refractivity contribution in [2.45, 2.75) is 12.8 Å². The van der Waals surface area contributed by atoms with Crippen LogP contribution in [0.25, 0.3) is 5.57 Å². The summed E-state index contributed by atoms with van der Waals surface area (Å²) in [7, 11) is 0. The summed E-state index contributed by atoms with van der Waals surface area (Å²) < 4.78 is 3.31. The summed E-state index contributed by atoms with van der Waals surface area (Å²) >= 11 is 1.03. The van der Waals surface area contributed by atoms with Gasteiger partial charge in [0.05, 0.1) is 0 Å². The second-order valence-corrected chi connectivity index (χ2v) is 3.89. The Labute approximate surface area is 97.5 Å². The average Bonchev–Trinajstić information content (AvgIpc) is 2.17. The van der Waals surface area contributed by atoms with Gasteiger partial charge in [0.2, 0.25) is 0 Å². The predicted molar refractivity (Wildman–Crippen MR) is 51.0 cm³/mol. The fraction of sp³-hybridized carbons (Fsp3) is 0.182. The van der Waals surface area contributed by atoms with Gasteiger partial charge in [-0.1, -0.05) is 0 Å². The molecular formula is C11H10NY. The van der Waals surface area contributed by atoms with E-state index in [4.69, 9.17) is 5.73 Å². The van der Waals surface area contributed by atoms with Crippen molar-refractivity contribution in [3.05, 3.63) is 35.4 Å². The number of anilines is 1. The van der Waals surface area contributed by atoms with Crippen LogP contribution in [0.5, 0.6) is 0 Å². The van der Waals surface area contributed by atoms with Gasteiger partial charge in [0, 0.05) is 0 Å². The van der Waals surface area contributed by atoms with Crippen LogP contribution in [0.15, 0.2) is 24.3 Å². The van der Waals surface area contributed by atoms with Crippen LogP contribution in [0.2, 0.25) is 0 Å². The molecule has 2 N–H and O–H groups in total. The number of allylic oxidation sites excluding steroid dienone is 2. The van der Waals surface area contributed by atoms with Gasteiger partial charge in [-0.2, -0.15) is 0 Å². The van der Waals surface area contributed by atoms with Gasteiger partial charge in [0.1, 0.15) is 0 Å². The summed E-state index contributed by atoms with van der Waals surface area (Å²) in [5.74, 6) is 0. The maximum absolute atomic E-state index is 5.94. The molecule has 0 amide bonds. The van der Waals surface area contributed by atoms with E-state index in [-0.39, 0.29) is 0 Å². The van der Waals surface area contributed by atoms with E-state index in [9.17, 15) is 0 Å². The van der Waals surface area contributed by atoms with Gasteiger partial charge in [-0.3, -0.25) is 0 Å². The van der Waals surface area contributed by atoms with E-state index in [1.807, 2.05) is 12.1 Å². The third-order valence-corrected chi connectivity index (χ3v) is 3.13. The molecular weight excluding hydrogens is 235 g/mol. The number of hydrogen-bond donors (Lipinski definition) is 1. The minimum atomic E-state index is 0.894. The van der Waals surface area contributed by atoms with Crippen LogP contribution in [0, 0.1) is 2.59 Å². The first-order valence-electron chi connectivity index (χ1n) is 4.37. The van der Waals surface area contributed by atoms with Crippen molar-refractivity contribution in [2.75, 3.05) is 5.73 Å². The van der Waals surface area contributed by atoms with Crippen LogP contribution in [0.4, 0.5) is 5.69 Å². The van der Waals surface area contributed by atoms with Gasteiger partial charge in [-0.25, -0.2) is 0 Å². The summed E-state index contributed by atoms with van der Waals surface area (Å²) in [6.45, 7) is 0. The zero-order valence-corrected chi connectivity index (χ0v) is 10.2. The molecule has 0 bridgehead atoms.